The van der Waals surface area contributed by atoms with Gasteiger partial charge in [0, 0.05) is 18.7 Å². The molecular formula is C11H11N3O2. The van der Waals surface area contributed by atoms with E-state index in [9.17, 15) is 4.79 Å². The van der Waals surface area contributed by atoms with Gasteiger partial charge in [0.1, 0.15) is 5.52 Å². The van der Waals surface area contributed by atoms with Gasteiger partial charge in [-0.3, -0.25) is 0 Å². The lowest BCUT2D eigenvalue weighted by molar-refractivity contribution is 0.255. The molecule has 2 rings (SSSR count). The minimum Gasteiger partial charge on any atom is -0.441 e. The van der Waals surface area contributed by atoms with Crippen molar-refractivity contribution >= 4 is 22.8 Å². The summed E-state index contributed by atoms with van der Waals surface area (Å²) in [4.78, 5) is 15.4. The molecule has 2 amide bonds. The van der Waals surface area contributed by atoms with Gasteiger partial charge in [-0.2, -0.15) is 0 Å². The molecule has 0 saturated carbocycles. The average Bonchev–Trinajstić information content (AvgIpc) is 2.57. The van der Waals surface area contributed by atoms with Crippen LogP contribution in [0.5, 0.6) is 0 Å². The minimum atomic E-state index is -0.342. The molecule has 0 aliphatic rings. The molecule has 1 aromatic carbocycles. The summed E-state index contributed by atoms with van der Waals surface area (Å²) in [6.07, 6.45) is 1.31. The Balaban J connectivity index is 2.25. The molecule has 1 heterocycles. The summed E-state index contributed by atoms with van der Waals surface area (Å²) in [5, 5.41) is 5.05. The van der Waals surface area contributed by atoms with Crippen LogP contribution in [0.3, 0.4) is 0 Å². The number of carbonyl (C=O) groups is 1. The van der Waals surface area contributed by atoms with Gasteiger partial charge in [-0.15, -0.1) is 0 Å². The Morgan fingerprint density at radius 3 is 3.12 bits per heavy atom. The van der Waals surface area contributed by atoms with E-state index in [1.807, 2.05) is 0 Å². The third kappa shape index (κ3) is 2.03. The number of hydrogen-bond acceptors (Lipinski definition) is 3. The van der Waals surface area contributed by atoms with E-state index in [1.165, 1.54) is 6.20 Å². The van der Waals surface area contributed by atoms with Crippen LogP contribution in [0.4, 0.5) is 10.5 Å². The van der Waals surface area contributed by atoms with Gasteiger partial charge in [-0.05, 0) is 18.3 Å². The van der Waals surface area contributed by atoms with Crippen molar-refractivity contribution in [1.29, 1.82) is 0 Å². The third-order valence-electron chi connectivity index (χ3n) is 1.99. The average molecular weight is 217 g/mol. The van der Waals surface area contributed by atoms with Gasteiger partial charge < -0.3 is 15.1 Å². The molecule has 0 spiro atoms. The van der Waals surface area contributed by atoms with Gasteiger partial charge in [-0.25, -0.2) is 9.78 Å². The van der Waals surface area contributed by atoms with E-state index < -0.39 is 0 Å². The fraction of sp³-hybridized carbons (Fsp3) is 0.0909. The van der Waals surface area contributed by atoms with E-state index in [-0.39, 0.29) is 6.03 Å². The van der Waals surface area contributed by atoms with Crippen molar-refractivity contribution in [1.82, 2.24) is 10.3 Å². The predicted octanol–water partition coefficient (Wildman–Crippen LogP) is 2.40. The predicted molar refractivity (Wildman–Crippen MR) is 61.1 cm³/mol. The molecule has 0 aliphatic heterocycles. The molecule has 0 unspecified atom stereocenters. The number of aromatic nitrogens is 1. The Morgan fingerprint density at radius 1 is 1.56 bits per heavy atom. The summed E-state index contributed by atoms with van der Waals surface area (Å²) in [6.45, 7) is 5.17. The topological polar surface area (TPSA) is 67.2 Å². The number of benzene rings is 1. The molecule has 2 N–H and O–H groups in total. The Labute approximate surface area is 92.2 Å². The zero-order valence-electron chi connectivity index (χ0n) is 8.78. The number of urea groups is 1. The zero-order valence-corrected chi connectivity index (χ0v) is 8.78. The summed E-state index contributed by atoms with van der Waals surface area (Å²) in [5.41, 5.74) is 2.06. The SMILES string of the molecule is C=CNC(=O)Nc1ccc2nc(C)oc2c1. The maximum atomic E-state index is 11.2. The Hall–Kier alpha value is -2.30. The summed E-state index contributed by atoms with van der Waals surface area (Å²) < 4.78 is 5.35. The van der Waals surface area contributed by atoms with Crippen LogP contribution in [0.15, 0.2) is 35.4 Å². The van der Waals surface area contributed by atoms with Crippen LogP contribution in [-0.4, -0.2) is 11.0 Å². The lowest BCUT2D eigenvalue weighted by atomic mass is 10.3. The quantitative estimate of drug-likeness (QED) is 0.811. The second kappa shape index (κ2) is 4.06. The number of nitrogens with one attached hydrogen (secondary N) is 2. The molecular weight excluding hydrogens is 206 g/mol. The van der Waals surface area contributed by atoms with E-state index >= 15 is 0 Å². The number of anilines is 1. The molecule has 0 atom stereocenters. The fourth-order valence-electron chi connectivity index (χ4n) is 1.38. The van der Waals surface area contributed by atoms with Crippen molar-refractivity contribution in [3.8, 4) is 0 Å². The second-order valence-electron chi connectivity index (χ2n) is 3.22. The first-order valence-electron chi connectivity index (χ1n) is 4.74. The van der Waals surface area contributed by atoms with Crippen molar-refractivity contribution in [2.45, 2.75) is 6.92 Å². The van der Waals surface area contributed by atoms with Gasteiger partial charge in [-0.1, -0.05) is 6.58 Å². The summed E-state index contributed by atoms with van der Waals surface area (Å²) >= 11 is 0. The first kappa shape index (κ1) is 10.2. The van der Waals surface area contributed by atoms with Crippen LogP contribution in [0.25, 0.3) is 11.1 Å². The van der Waals surface area contributed by atoms with E-state index in [1.54, 1.807) is 25.1 Å². The maximum Gasteiger partial charge on any atom is 0.323 e. The molecule has 5 heteroatoms. The number of oxazole rings is 1. The molecule has 0 fully saturated rings. The maximum absolute atomic E-state index is 11.2. The van der Waals surface area contributed by atoms with E-state index in [0.717, 1.165) is 5.52 Å². The van der Waals surface area contributed by atoms with Crippen molar-refractivity contribution in [3.63, 3.8) is 0 Å². The third-order valence-corrected chi connectivity index (χ3v) is 1.99. The van der Waals surface area contributed by atoms with Crippen molar-refractivity contribution in [2.24, 2.45) is 0 Å². The van der Waals surface area contributed by atoms with Gasteiger partial charge in [0.2, 0.25) is 0 Å². The van der Waals surface area contributed by atoms with Crippen molar-refractivity contribution in [2.75, 3.05) is 5.32 Å². The molecule has 5 nitrogen and oxygen atoms in total. The highest BCUT2D eigenvalue weighted by molar-refractivity contribution is 5.91. The normalized spacial score (nSPS) is 10.1. The second-order valence-corrected chi connectivity index (χ2v) is 3.22. The van der Waals surface area contributed by atoms with Crippen LogP contribution in [0.2, 0.25) is 0 Å². The van der Waals surface area contributed by atoms with Gasteiger partial charge in [0.05, 0.1) is 0 Å². The summed E-state index contributed by atoms with van der Waals surface area (Å²) in [5.74, 6) is 0.600. The lowest BCUT2D eigenvalue weighted by Crippen LogP contribution is -2.23. The van der Waals surface area contributed by atoms with E-state index in [0.29, 0.717) is 17.2 Å². The van der Waals surface area contributed by atoms with Crippen LogP contribution < -0.4 is 10.6 Å². The smallest absolute Gasteiger partial charge is 0.323 e. The lowest BCUT2D eigenvalue weighted by Gasteiger charge is -2.03. The number of rotatable bonds is 2. The number of amides is 2. The molecule has 0 saturated heterocycles. The first-order chi connectivity index (χ1) is 7.69. The van der Waals surface area contributed by atoms with E-state index in [4.69, 9.17) is 4.42 Å². The molecule has 0 bridgehead atoms. The molecule has 16 heavy (non-hydrogen) atoms. The van der Waals surface area contributed by atoms with Crippen molar-refractivity contribution in [3.05, 3.63) is 36.9 Å². The van der Waals surface area contributed by atoms with Crippen LogP contribution in [0.1, 0.15) is 5.89 Å². The van der Waals surface area contributed by atoms with Crippen LogP contribution in [-0.2, 0) is 0 Å². The number of hydrogen-bond donors (Lipinski definition) is 2. The molecule has 82 valence electrons. The standard InChI is InChI=1S/C11H11N3O2/c1-3-12-11(15)14-8-4-5-9-10(6-8)16-7(2)13-9/h3-6H,1H2,2H3,(H2,12,14,15). The largest absolute Gasteiger partial charge is 0.441 e. The molecule has 0 aliphatic carbocycles. The zero-order chi connectivity index (χ0) is 11.5. The van der Waals surface area contributed by atoms with Gasteiger partial charge in [0.15, 0.2) is 11.5 Å². The number of carbonyl (C=O) groups excluding carboxylic acids is 1. The Morgan fingerprint density at radius 2 is 2.38 bits per heavy atom. The monoisotopic (exact) mass is 217 g/mol. The molecule has 1 aromatic heterocycles. The summed E-state index contributed by atoms with van der Waals surface area (Å²) in [7, 11) is 0. The van der Waals surface area contributed by atoms with Crippen molar-refractivity contribution < 1.29 is 9.21 Å². The highest BCUT2D eigenvalue weighted by Gasteiger charge is 2.04. The number of nitrogens with zero attached hydrogens (tertiary/aromatic N) is 1. The fourth-order valence-corrected chi connectivity index (χ4v) is 1.38. The minimum absolute atomic E-state index is 0.342. The Kier molecular flexibility index (Phi) is 2.59. The molecule has 2 aromatic rings. The van der Waals surface area contributed by atoms with Gasteiger partial charge in [0.25, 0.3) is 0 Å². The first-order valence-corrected chi connectivity index (χ1v) is 4.74. The summed E-state index contributed by atoms with van der Waals surface area (Å²) in [6, 6.07) is 4.92. The molecule has 0 radical (unpaired) electrons. The highest BCUT2D eigenvalue weighted by atomic mass is 16.3. The number of fused-ring (bicyclic) bond motifs is 1. The Bertz CT molecular complexity index is 545. The number of aryl methyl sites for hydroxylation is 1. The van der Waals surface area contributed by atoms with Crippen LogP contribution in [0, 0.1) is 6.92 Å². The van der Waals surface area contributed by atoms with Gasteiger partial charge >= 0.3 is 6.03 Å². The van der Waals surface area contributed by atoms with Crippen LogP contribution >= 0.6 is 0 Å². The van der Waals surface area contributed by atoms with E-state index in [2.05, 4.69) is 22.2 Å². The highest BCUT2D eigenvalue weighted by Crippen LogP contribution is 2.19.